The van der Waals surface area contributed by atoms with Gasteiger partial charge in [-0.3, -0.25) is 0 Å². The van der Waals surface area contributed by atoms with Gasteiger partial charge >= 0.3 is 0 Å². The largest absolute Gasteiger partial charge is 0.301 e. The van der Waals surface area contributed by atoms with E-state index in [0.29, 0.717) is 12.0 Å². The summed E-state index contributed by atoms with van der Waals surface area (Å²) in [5.41, 5.74) is 9.28. The number of hydrogen-bond acceptors (Lipinski definition) is 2. The maximum absolute atomic E-state index is 4.56. The highest BCUT2D eigenvalue weighted by Crippen LogP contribution is 2.28. The van der Waals surface area contributed by atoms with Gasteiger partial charge in [-0.1, -0.05) is 79.7 Å². The van der Waals surface area contributed by atoms with E-state index in [1.54, 1.807) is 0 Å². The van der Waals surface area contributed by atoms with E-state index in [4.69, 9.17) is 0 Å². The van der Waals surface area contributed by atoms with Crippen molar-refractivity contribution in [2.45, 2.75) is 13.0 Å². The van der Waals surface area contributed by atoms with E-state index >= 15 is 0 Å². The number of rotatable bonds is 2. The van der Waals surface area contributed by atoms with Crippen molar-refractivity contribution in [1.82, 2.24) is 5.43 Å². The first-order valence-electron chi connectivity index (χ1n) is 7.71. The number of hydrogen-bond donors (Lipinski definition) is 1. The second-order valence-corrected chi connectivity index (χ2v) is 5.88. The van der Waals surface area contributed by atoms with Gasteiger partial charge in [0.15, 0.2) is 0 Å². The van der Waals surface area contributed by atoms with Gasteiger partial charge < -0.3 is 5.43 Å². The molecular weight excluding hydrogens is 268 g/mol. The maximum Gasteiger partial charge on any atom is 0.0955 e. The molecule has 2 unspecified atom stereocenters. The van der Waals surface area contributed by atoms with E-state index in [1.807, 2.05) is 6.07 Å². The van der Waals surface area contributed by atoms with Crippen molar-refractivity contribution in [3.05, 3.63) is 84.0 Å². The average molecular weight is 286 g/mol. The summed E-state index contributed by atoms with van der Waals surface area (Å²) in [5, 5.41) is 4.56. The molecule has 0 aromatic heterocycles. The zero-order valence-corrected chi connectivity index (χ0v) is 12.5. The van der Waals surface area contributed by atoms with Gasteiger partial charge in [0.05, 0.1) is 11.8 Å². The molecule has 0 spiro atoms. The molecule has 4 rings (SSSR count). The predicted octanol–water partition coefficient (Wildman–Crippen LogP) is 4.16. The summed E-state index contributed by atoms with van der Waals surface area (Å²) in [7, 11) is 0. The van der Waals surface area contributed by atoms with E-state index in [0.717, 1.165) is 5.71 Å². The molecule has 22 heavy (non-hydrogen) atoms. The van der Waals surface area contributed by atoms with Crippen LogP contribution in [0.1, 0.15) is 12.5 Å². The third kappa shape index (κ3) is 2.17. The van der Waals surface area contributed by atoms with Gasteiger partial charge in [0.2, 0.25) is 0 Å². The average Bonchev–Trinajstić information content (AvgIpc) is 3.01. The van der Waals surface area contributed by atoms with Crippen LogP contribution in [0.4, 0.5) is 0 Å². The van der Waals surface area contributed by atoms with E-state index in [-0.39, 0.29) is 0 Å². The Hall–Kier alpha value is -2.61. The summed E-state index contributed by atoms with van der Waals surface area (Å²) in [6, 6.07) is 19.4. The van der Waals surface area contributed by atoms with Crippen LogP contribution in [0.15, 0.2) is 83.5 Å². The lowest BCUT2D eigenvalue weighted by Crippen LogP contribution is -2.30. The monoisotopic (exact) mass is 286 g/mol. The highest BCUT2D eigenvalue weighted by atomic mass is 15.3. The molecule has 2 aromatic carbocycles. The summed E-state index contributed by atoms with van der Waals surface area (Å²) < 4.78 is 0. The van der Waals surface area contributed by atoms with Crippen LogP contribution in [0.5, 0.6) is 0 Å². The summed E-state index contributed by atoms with van der Waals surface area (Å²) in [5.74, 6) is 0.477. The van der Waals surface area contributed by atoms with Crippen molar-refractivity contribution in [3.8, 4) is 11.1 Å². The highest BCUT2D eigenvalue weighted by Gasteiger charge is 2.30. The number of nitrogens with one attached hydrogen (secondary N) is 1. The van der Waals surface area contributed by atoms with E-state index in [2.05, 4.69) is 84.2 Å². The van der Waals surface area contributed by atoms with Gasteiger partial charge in [-0.05, 0) is 11.1 Å². The molecule has 0 amide bonds. The number of fused-ring (bicyclic) bond motifs is 1. The van der Waals surface area contributed by atoms with Gasteiger partial charge in [-0.15, -0.1) is 0 Å². The minimum atomic E-state index is 0.314. The van der Waals surface area contributed by atoms with Crippen LogP contribution in [0.25, 0.3) is 11.1 Å². The SMILES string of the molecule is CC1C=CC=C2C(c3ccc(-c4ccccc4)cc3)=NNC21. The van der Waals surface area contributed by atoms with Crippen molar-refractivity contribution in [3.63, 3.8) is 0 Å². The topological polar surface area (TPSA) is 24.4 Å². The molecule has 1 N–H and O–H groups in total. The fourth-order valence-corrected chi connectivity index (χ4v) is 3.13. The lowest BCUT2D eigenvalue weighted by atomic mass is 9.86. The summed E-state index contributed by atoms with van der Waals surface area (Å²) in [6.45, 7) is 2.22. The van der Waals surface area contributed by atoms with Crippen molar-refractivity contribution in [2.24, 2.45) is 11.0 Å². The fourth-order valence-electron chi connectivity index (χ4n) is 3.13. The van der Waals surface area contributed by atoms with Crippen molar-refractivity contribution in [1.29, 1.82) is 0 Å². The molecule has 2 nitrogen and oxygen atoms in total. The molecule has 0 radical (unpaired) electrons. The molecule has 2 atom stereocenters. The summed E-state index contributed by atoms with van der Waals surface area (Å²) >= 11 is 0. The van der Waals surface area contributed by atoms with Gasteiger partial charge in [0.25, 0.3) is 0 Å². The van der Waals surface area contributed by atoms with Crippen LogP contribution in [0.3, 0.4) is 0 Å². The Labute approximate surface area is 130 Å². The normalized spacial score (nSPS) is 22.6. The fraction of sp³-hybridized carbons (Fsp3) is 0.150. The zero-order valence-electron chi connectivity index (χ0n) is 12.5. The minimum Gasteiger partial charge on any atom is -0.301 e. The summed E-state index contributed by atoms with van der Waals surface area (Å²) in [4.78, 5) is 0. The van der Waals surface area contributed by atoms with E-state index in [9.17, 15) is 0 Å². The van der Waals surface area contributed by atoms with Crippen LogP contribution >= 0.6 is 0 Å². The molecule has 2 aromatic rings. The van der Waals surface area contributed by atoms with Gasteiger partial charge in [-0.25, -0.2) is 0 Å². The van der Waals surface area contributed by atoms with Gasteiger partial charge in [0, 0.05) is 17.1 Å². The van der Waals surface area contributed by atoms with Gasteiger partial charge in [-0.2, -0.15) is 5.10 Å². The smallest absolute Gasteiger partial charge is 0.0955 e. The number of hydrazone groups is 1. The molecule has 0 saturated carbocycles. The number of allylic oxidation sites excluding steroid dienone is 2. The Bertz CT molecular complexity index is 767. The Morgan fingerprint density at radius 3 is 2.32 bits per heavy atom. The molecule has 1 aliphatic heterocycles. The molecule has 2 aliphatic rings. The third-order valence-electron chi connectivity index (χ3n) is 4.41. The van der Waals surface area contributed by atoms with Crippen LogP contribution < -0.4 is 5.43 Å². The Morgan fingerprint density at radius 1 is 0.864 bits per heavy atom. The molecule has 0 fully saturated rings. The molecule has 0 bridgehead atoms. The quantitative estimate of drug-likeness (QED) is 0.880. The molecule has 1 heterocycles. The van der Waals surface area contributed by atoms with Crippen LogP contribution in [-0.2, 0) is 0 Å². The Balaban J connectivity index is 1.65. The van der Waals surface area contributed by atoms with Gasteiger partial charge in [0.1, 0.15) is 0 Å². The highest BCUT2D eigenvalue weighted by molar-refractivity contribution is 6.14. The molecule has 1 aliphatic carbocycles. The van der Waals surface area contributed by atoms with E-state index in [1.165, 1.54) is 22.3 Å². The third-order valence-corrected chi connectivity index (χ3v) is 4.41. The predicted molar refractivity (Wildman–Crippen MR) is 91.7 cm³/mol. The maximum atomic E-state index is 4.56. The second kappa shape index (κ2) is 5.30. The number of nitrogens with zero attached hydrogens (tertiary/aromatic N) is 1. The van der Waals surface area contributed by atoms with E-state index < -0.39 is 0 Å². The number of benzene rings is 2. The molecular formula is C20H18N2. The standard InChI is InChI=1S/C20H18N2/c1-14-6-5-9-18-19(14)21-22-20(18)17-12-10-16(11-13-17)15-7-3-2-4-8-15/h2-14,19,21H,1H3. The zero-order chi connectivity index (χ0) is 14.9. The van der Waals surface area contributed by atoms with Crippen molar-refractivity contribution >= 4 is 5.71 Å². The second-order valence-electron chi connectivity index (χ2n) is 5.88. The van der Waals surface area contributed by atoms with Crippen LogP contribution in [0.2, 0.25) is 0 Å². The Kier molecular flexibility index (Phi) is 3.15. The minimum absolute atomic E-state index is 0.314. The first-order chi connectivity index (χ1) is 10.8. The van der Waals surface area contributed by atoms with Crippen LogP contribution in [0, 0.1) is 5.92 Å². The Morgan fingerprint density at radius 2 is 1.55 bits per heavy atom. The lowest BCUT2D eigenvalue weighted by molar-refractivity contribution is 0.522. The summed E-state index contributed by atoms with van der Waals surface area (Å²) in [6.07, 6.45) is 6.53. The molecule has 0 saturated heterocycles. The first kappa shape index (κ1) is 13.1. The van der Waals surface area contributed by atoms with Crippen molar-refractivity contribution in [2.75, 3.05) is 0 Å². The first-order valence-corrected chi connectivity index (χ1v) is 7.71. The molecule has 2 heteroatoms. The lowest BCUT2D eigenvalue weighted by Gasteiger charge is -2.20. The van der Waals surface area contributed by atoms with Crippen molar-refractivity contribution < 1.29 is 0 Å². The van der Waals surface area contributed by atoms with Crippen LogP contribution in [-0.4, -0.2) is 11.8 Å². The molecule has 108 valence electrons.